The molecule has 0 heterocycles. The summed E-state index contributed by atoms with van der Waals surface area (Å²) in [5.74, 6) is 0.0853. The third-order valence-corrected chi connectivity index (χ3v) is 2.35. The lowest BCUT2D eigenvalue weighted by Gasteiger charge is -2.21. The second-order valence-corrected chi connectivity index (χ2v) is 3.62. The van der Waals surface area contributed by atoms with Gasteiger partial charge in [-0.15, -0.1) is 0 Å². The summed E-state index contributed by atoms with van der Waals surface area (Å²) in [7, 11) is 0. The fraction of sp³-hybridized carbons (Fsp3) is 0.417. The predicted molar refractivity (Wildman–Crippen MR) is 64.8 cm³/mol. The fourth-order valence-electron chi connectivity index (χ4n) is 1.56. The Morgan fingerprint density at radius 2 is 1.62 bits per heavy atom. The Kier molecular flexibility index (Phi) is 5.53. The number of rotatable bonds is 6. The monoisotopic (exact) mass is 221 g/mol. The Hall–Kier alpha value is -1.39. The van der Waals surface area contributed by atoms with Crippen molar-refractivity contribution in [1.29, 1.82) is 0 Å². The van der Waals surface area contributed by atoms with Gasteiger partial charge in [0.05, 0.1) is 6.42 Å². The van der Waals surface area contributed by atoms with Crippen LogP contribution in [-0.4, -0.2) is 37.0 Å². The van der Waals surface area contributed by atoms with E-state index in [0.29, 0.717) is 32.6 Å². The highest BCUT2D eigenvalue weighted by Gasteiger charge is 2.11. The summed E-state index contributed by atoms with van der Waals surface area (Å²) < 4.78 is 0. The first kappa shape index (κ1) is 12.7. The van der Waals surface area contributed by atoms with Crippen LogP contribution in [0.25, 0.3) is 0 Å². The molecule has 0 atom stereocenters. The van der Waals surface area contributed by atoms with Gasteiger partial charge in [-0.1, -0.05) is 30.3 Å². The molecule has 0 saturated heterocycles. The second-order valence-electron chi connectivity index (χ2n) is 3.62. The van der Waals surface area contributed by atoms with Crippen molar-refractivity contribution in [3.8, 4) is 0 Å². The van der Waals surface area contributed by atoms with Crippen molar-refractivity contribution in [2.45, 2.75) is 6.42 Å². The van der Waals surface area contributed by atoms with Crippen molar-refractivity contribution in [1.82, 2.24) is 4.90 Å². The van der Waals surface area contributed by atoms with E-state index in [1.165, 1.54) is 0 Å². The molecule has 1 amide bonds. The average Bonchev–Trinajstić information content (AvgIpc) is 2.30. The van der Waals surface area contributed by atoms with Crippen molar-refractivity contribution < 1.29 is 4.79 Å². The summed E-state index contributed by atoms with van der Waals surface area (Å²) in [6.45, 7) is 2.09. The molecule has 1 aromatic carbocycles. The van der Waals surface area contributed by atoms with E-state index < -0.39 is 0 Å². The van der Waals surface area contributed by atoms with Gasteiger partial charge in [0.15, 0.2) is 0 Å². The maximum Gasteiger partial charge on any atom is 0.227 e. The number of amides is 1. The zero-order valence-corrected chi connectivity index (χ0v) is 9.43. The van der Waals surface area contributed by atoms with Crippen LogP contribution >= 0.6 is 0 Å². The lowest BCUT2D eigenvalue weighted by molar-refractivity contribution is -0.130. The zero-order chi connectivity index (χ0) is 11.8. The zero-order valence-electron chi connectivity index (χ0n) is 9.43. The van der Waals surface area contributed by atoms with Gasteiger partial charge in [0.25, 0.3) is 0 Å². The lowest BCUT2D eigenvalue weighted by Crippen LogP contribution is -2.39. The summed E-state index contributed by atoms with van der Waals surface area (Å²) in [6.07, 6.45) is 0.417. The minimum absolute atomic E-state index is 0.0853. The number of nitrogens with zero attached hydrogens (tertiary/aromatic N) is 1. The summed E-state index contributed by atoms with van der Waals surface area (Å²) in [5, 5.41) is 0. The van der Waals surface area contributed by atoms with Gasteiger partial charge in [-0.05, 0) is 5.56 Å². The maximum absolute atomic E-state index is 11.9. The van der Waals surface area contributed by atoms with E-state index in [0.717, 1.165) is 5.56 Å². The Balaban J connectivity index is 2.55. The molecular formula is C12H19N3O. The molecule has 0 radical (unpaired) electrons. The smallest absolute Gasteiger partial charge is 0.227 e. The molecule has 0 aliphatic carbocycles. The van der Waals surface area contributed by atoms with Gasteiger partial charge in [0.1, 0.15) is 0 Å². The Bertz CT molecular complexity index is 307. The molecule has 0 unspecified atom stereocenters. The van der Waals surface area contributed by atoms with Gasteiger partial charge >= 0.3 is 0 Å². The molecule has 4 N–H and O–H groups in total. The summed E-state index contributed by atoms with van der Waals surface area (Å²) >= 11 is 0. The number of nitrogens with two attached hydrogens (primary N) is 2. The van der Waals surface area contributed by atoms with Crippen molar-refractivity contribution in [2.75, 3.05) is 26.2 Å². The van der Waals surface area contributed by atoms with Gasteiger partial charge in [0, 0.05) is 26.2 Å². The van der Waals surface area contributed by atoms with Crippen LogP contribution < -0.4 is 11.5 Å². The van der Waals surface area contributed by atoms with E-state index in [1.807, 2.05) is 30.3 Å². The number of benzene rings is 1. The van der Waals surface area contributed by atoms with E-state index in [4.69, 9.17) is 11.5 Å². The standard InChI is InChI=1S/C12H19N3O/c13-6-8-15(9-7-14)12(16)10-11-4-2-1-3-5-11/h1-5H,6-10,13-14H2. The molecule has 16 heavy (non-hydrogen) atoms. The first-order valence-electron chi connectivity index (χ1n) is 5.49. The number of carbonyl (C=O) groups excluding carboxylic acids is 1. The molecule has 0 bridgehead atoms. The van der Waals surface area contributed by atoms with Crippen LogP contribution in [0.15, 0.2) is 30.3 Å². The quantitative estimate of drug-likeness (QED) is 0.709. The molecule has 4 heteroatoms. The number of hydrogen-bond donors (Lipinski definition) is 2. The van der Waals surface area contributed by atoms with Gasteiger partial charge in [-0.3, -0.25) is 4.79 Å². The van der Waals surface area contributed by atoms with Crippen LogP contribution in [-0.2, 0) is 11.2 Å². The summed E-state index contributed by atoms with van der Waals surface area (Å²) in [4.78, 5) is 13.6. The van der Waals surface area contributed by atoms with Crippen LogP contribution in [0.5, 0.6) is 0 Å². The highest BCUT2D eigenvalue weighted by molar-refractivity contribution is 5.78. The molecule has 0 aliphatic heterocycles. The fourth-order valence-corrected chi connectivity index (χ4v) is 1.56. The number of hydrogen-bond acceptors (Lipinski definition) is 3. The van der Waals surface area contributed by atoms with Gasteiger partial charge in [-0.2, -0.15) is 0 Å². The van der Waals surface area contributed by atoms with Crippen molar-refractivity contribution >= 4 is 5.91 Å². The molecule has 1 rings (SSSR count). The number of carbonyl (C=O) groups is 1. The second kappa shape index (κ2) is 6.98. The summed E-state index contributed by atoms with van der Waals surface area (Å²) in [5.41, 5.74) is 11.9. The minimum Gasteiger partial charge on any atom is -0.340 e. The molecule has 0 aromatic heterocycles. The van der Waals surface area contributed by atoms with Gasteiger partial charge in [0.2, 0.25) is 5.91 Å². The highest BCUT2D eigenvalue weighted by atomic mass is 16.2. The maximum atomic E-state index is 11.9. The minimum atomic E-state index is 0.0853. The lowest BCUT2D eigenvalue weighted by atomic mass is 10.1. The van der Waals surface area contributed by atoms with Crippen LogP contribution in [0.3, 0.4) is 0 Å². The van der Waals surface area contributed by atoms with E-state index in [-0.39, 0.29) is 5.91 Å². The van der Waals surface area contributed by atoms with Crippen LogP contribution in [0.4, 0.5) is 0 Å². The average molecular weight is 221 g/mol. The van der Waals surface area contributed by atoms with E-state index in [1.54, 1.807) is 4.90 Å². The first-order chi connectivity index (χ1) is 7.77. The molecule has 0 fully saturated rings. The molecular weight excluding hydrogens is 202 g/mol. The third kappa shape index (κ3) is 4.00. The Labute approximate surface area is 96.2 Å². The third-order valence-electron chi connectivity index (χ3n) is 2.35. The summed E-state index contributed by atoms with van der Waals surface area (Å²) in [6, 6.07) is 9.69. The van der Waals surface area contributed by atoms with Crippen LogP contribution in [0.2, 0.25) is 0 Å². The van der Waals surface area contributed by atoms with E-state index >= 15 is 0 Å². The van der Waals surface area contributed by atoms with Crippen molar-refractivity contribution in [3.05, 3.63) is 35.9 Å². The Morgan fingerprint density at radius 3 is 2.12 bits per heavy atom. The van der Waals surface area contributed by atoms with Crippen molar-refractivity contribution in [2.24, 2.45) is 11.5 Å². The molecule has 88 valence electrons. The van der Waals surface area contributed by atoms with Crippen LogP contribution in [0.1, 0.15) is 5.56 Å². The SMILES string of the molecule is NCCN(CCN)C(=O)Cc1ccccc1. The van der Waals surface area contributed by atoms with Gasteiger partial charge < -0.3 is 16.4 Å². The van der Waals surface area contributed by atoms with E-state index in [2.05, 4.69) is 0 Å². The van der Waals surface area contributed by atoms with Gasteiger partial charge in [-0.25, -0.2) is 0 Å². The Morgan fingerprint density at radius 1 is 1.06 bits per heavy atom. The predicted octanol–water partition coefficient (Wildman–Crippen LogP) is -0.0249. The molecule has 0 spiro atoms. The molecule has 4 nitrogen and oxygen atoms in total. The van der Waals surface area contributed by atoms with E-state index in [9.17, 15) is 4.79 Å². The van der Waals surface area contributed by atoms with Crippen LogP contribution in [0, 0.1) is 0 Å². The van der Waals surface area contributed by atoms with Crippen molar-refractivity contribution in [3.63, 3.8) is 0 Å². The normalized spacial score (nSPS) is 10.1. The largest absolute Gasteiger partial charge is 0.340 e. The highest BCUT2D eigenvalue weighted by Crippen LogP contribution is 2.02. The molecule has 1 aromatic rings. The topological polar surface area (TPSA) is 72.3 Å². The first-order valence-corrected chi connectivity index (χ1v) is 5.49. The molecule has 0 aliphatic rings. The molecule has 0 saturated carbocycles.